The number of halogens is 12. The van der Waals surface area contributed by atoms with Crippen LogP contribution in [0.1, 0.15) is 22.8 Å². The summed E-state index contributed by atoms with van der Waals surface area (Å²) in [7, 11) is 0. The van der Waals surface area contributed by atoms with E-state index in [4.69, 9.17) is 0 Å². The number of alkyl halides is 12. The smallest absolute Gasteiger partial charge is 0.407 e. The number of hydrogen-bond donors (Lipinski definition) is 0. The third-order valence-corrected chi connectivity index (χ3v) is 5.45. The van der Waals surface area contributed by atoms with Crippen LogP contribution in [0.5, 0.6) is 0 Å². The fourth-order valence-corrected chi connectivity index (χ4v) is 3.93. The van der Waals surface area contributed by atoms with Crippen molar-refractivity contribution in [3.63, 3.8) is 0 Å². The van der Waals surface area contributed by atoms with Crippen molar-refractivity contribution in [2.75, 3.05) is 0 Å². The summed E-state index contributed by atoms with van der Waals surface area (Å²) < 4.78 is 159. The maximum atomic E-state index is 13.4. The minimum Gasteiger partial charge on any atom is -0.407 e. The molecule has 0 aliphatic carbocycles. The largest absolute Gasteiger partial charge is 2.00 e. The molecule has 4 aromatic heterocycles. The molecule has 0 bridgehead atoms. The van der Waals surface area contributed by atoms with E-state index >= 15 is 0 Å². The van der Waals surface area contributed by atoms with Crippen molar-refractivity contribution in [2.45, 2.75) is 34.8 Å². The summed E-state index contributed by atoms with van der Waals surface area (Å²) in [5, 5.41) is -0.384. The Hall–Kier alpha value is -3.08. The molecule has 4 rings (SSSR count). The first-order chi connectivity index (χ1) is 17.9. The van der Waals surface area contributed by atoms with Gasteiger partial charge < -0.3 is 19.1 Å². The summed E-state index contributed by atoms with van der Waals surface area (Å²) in [4.78, 5) is 13.0. The molecular weight excluding hydrogens is 779 g/mol. The Morgan fingerprint density at radius 3 is 1.20 bits per heavy atom. The molecule has 40 heavy (non-hydrogen) atoms. The number of imidazole rings is 2. The molecule has 0 N–H and O–H groups in total. The molecule has 20 heteroatoms. The van der Waals surface area contributed by atoms with Crippen LogP contribution >= 0.6 is 11.8 Å². The maximum absolute atomic E-state index is 13.4. The number of aromatic nitrogens is 6. The molecule has 0 unspecified atom stereocenters. The topological polar surface area (TPSA) is 61.4 Å². The molecule has 6 nitrogen and oxygen atoms in total. The Balaban J connectivity index is 0.00000441. The van der Waals surface area contributed by atoms with Crippen molar-refractivity contribution in [2.24, 2.45) is 0 Å². The predicted molar refractivity (Wildman–Crippen MR) is 105 cm³/mol. The van der Waals surface area contributed by atoms with Crippen molar-refractivity contribution in [1.29, 1.82) is 0 Å². The molecule has 0 saturated carbocycles. The number of nitrogens with zero attached hydrogens (tertiary/aromatic N) is 6. The first kappa shape index (κ1) is 31.4. The van der Waals surface area contributed by atoms with Crippen LogP contribution in [0.15, 0.2) is 46.5 Å². The van der Waals surface area contributed by atoms with E-state index in [9.17, 15) is 52.7 Å². The summed E-state index contributed by atoms with van der Waals surface area (Å²) in [6, 6.07) is 6.41. The summed E-state index contributed by atoms with van der Waals surface area (Å²) >= 11 is 0.532. The van der Waals surface area contributed by atoms with Crippen molar-refractivity contribution in [3.8, 4) is 11.6 Å². The van der Waals surface area contributed by atoms with Crippen LogP contribution in [0.25, 0.3) is 11.6 Å². The zero-order valence-corrected chi connectivity index (χ0v) is 21.5. The third kappa shape index (κ3) is 6.45. The summed E-state index contributed by atoms with van der Waals surface area (Å²) in [6.07, 6.45) is -18.8. The van der Waals surface area contributed by atoms with Gasteiger partial charge in [-0.25, -0.2) is 0 Å². The van der Waals surface area contributed by atoms with E-state index in [2.05, 4.69) is 19.9 Å². The van der Waals surface area contributed by atoms with E-state index in [1.807, 2.05) is 0 Å². The van der Waals surface area contributed by atoms with Crippen molar-refractivity contribution >= 4 is 11.8 Å². The Bertz CT molecular complexity index is 1390. The van der Waals surface area contributed by atoms with E-state index < -0.39 is 59.1 Å². The monoisotopic (exact) mass is 785 g/mol. The van der Waals surface area contributed by atoms with Gasteiger partial charge in [0.05, 0.1) is 33.1 Å². The van der Waals surface area contributed by atoms with Crippen LogP contribution in [0.2, 0.25) is 0 Å². The van der Waals surface area contributed by atoms with Crippen molar-refractivity contribution in [3.05, 3.63) is 71.8 Å². The van der Waals surface area contributed by atoms with Crippen LogP contribution in [0.3, 0.4) is 0 Å². The number of rotatable bonds is 4. The average Bonchev–Trinajstić information content (AvgIpc) is 3.44. The molecule has 0 radical (unpaired) electrons. The van der Waals surface area contributed by atoms with E-state index in [1.54, 1.807) is 12.7 Å². The first-order valence-corrected chi connectivity index (χ1v) is 10.6. The number of pyridine rings is 2. The summed E-state index contributed by atoms with van der Waals surface area (Å²) in [6.45, 7) is 0. The van der Waals surface area contributed by atoms with Gasteiger partial charge in [0.25, 0.3) is 0 Å². The Morgan fingerprint density at radius 2 is 0.900 bits per heavy atom. The molecule has 0 aliphatic rings. The van der Waals surface area contributed by atoms with Crippen LogP contribution in [-0.2, 0) is 45.8 Å². The first-order valence-electron chi connectivity index (χ1n) is 9.79. The number of hydrogen-bond acceptors (Lipinski definition) is 5. The van der Waals surface area contributed by atoms with Gasteiger partial charge in [0.2, 0.25) is 0 Å². The molecule has 4 heterocycles. The summed E-state index contributed by atoms with van der Waals surface area (Å²) in [5.74, 6) is -1.38. The quantitative estimate of drug-likeness (QED) is 0.171. The van der Waals surface area contributed by atoms with E-state index in [0.29, 0.717) is 11.8 Å². The van der Waals surface area contributed by atoms with Gasteiger partial charge in [0, 0.05) is 24.0 Å². The Labute approximate surface area is 232 Å². The van der Waals surface area contributed by atoms with Crippen LogP contribution < -0.4 is 0 Å². The van der Waals surface area contributed by atoms with Gasteiger partial charge in [0.1, 0.15) is 0 Å². The van der Waals surface area contributed by atoms with Crippen molar-refractivity contribution in [1.82, 2.24) is 29.1 Å². The maximum Gasteiger partial charge on any atom is 2.00 e. The van der Waals surface area contributed by atoms with E-state index in [-0.39, 0.29) is 40.3 Å². The third-order valence-electron chi connectivity index (χ3n) is 4.58. The standard InChI is InChI=1S/C20H6F12N6S.Pt/c21-17(22,23)13-15(19(27,28)29)37(7-33-13)9-3-1-5-11(35-9)39-12-6-2-4-10(36-12)38-8-34-14(18(24,25)26)16(38)20(30,31)32;/h1-6H;/q-2;+2. The zero-order valence-electron chi connectivity index (χ0n) is 18.4. The second-order valence-electron chi connectivity index (χ2n) is 7.25. The minimum atomic E-state index is -5.51. The molecule has 0 spiro atoms. The second kappa shape index (κ2) is 10.7. The molecule has 216 valence electrons. The van der Waals surface area contributed by atoms with Gasteiger partial charge in [-0.15, -0.1) is 0 Å². The molecule has 4 aromatic rings. The fraction of sp³-hybridized carbons (Fsp3) is 0.200. The summed E-state index contributed by atoms with van der Waals surface area (Å²) in [5.41, 5.74) is -8.89. The van der Waals surface area contributed by atoms with Crippen LogP contribution in [0, 0.1) is 12.7 Å². The van der Waals surface area contributed by atoms with Gasteiger partial charge in [-0.3, -0.25) is 9.97 Å². The molecule has 0 atom stereocenters. The molecule has 0 fully saturated rings. The minimum absolute atomic E-state index is 0. The van der Waals surface area contributed by atoms with Crippen molar-refractivity contribution < 1.29 is 73.8 Å². The Kier molecular flexibility index (Phi) is 8.43. The van der Waals surface area contributed by atoms with Gasteiger partial charge in [0.15, 0.2) is 0 Å². The molecule has 0 aromatic carbocycles. The zero-order chi connectivity index (χ0) is 29.0. The van der Waals surface area contributed by atoms with Gasteiger partial charge in [-0.05, 0) is 12.1 Å². The van der Waals surface area contributed by atoms with Crippen LogP contribution in [-0.4, -0.2) is 29.1 Å². The average molecular weight is 785 g/mol. The molecule has 0 aliphatic heterocycles. The second-order valence-corrected chi connectivity index (χ2v) is 8.29. The van der Waals surface area contributed by atoms with Gasteiger partial charge in [-0.2, -0.15) is 52.7 Å². The fourth-order valence-electron chi connectivity index (χ4n) is 3.14. The normalized spacial score (nSPS) is 12.9. The van der Waals surface area contributed by atoms with E-state index in [0.717, 1.165) is 24.3 Å². The van der Waals surface area contributed by atoms with E-state index in [1.165, 1.54) is 12.1 Å². The van der Waals surface area contributed by atoms with Crippen LogP contribution in [0.4, 0.5) is 52.7 Å². The molecular formula is C20H6F12N6PtS. The SMILES string of the molecule is FC(F)(F)c1n[c-]n(-c2cccc(Sc3cccc(-n4[c-]nc(C(F)(F)F)c4C(F)(F)F)n3)n2)c1C(F)(F)F.[Pt+2]. The van der Waals surface area contributed by atoms with Gasteiger partial charge in [-0.1, -0.05) is 36.0 Å². The predicted octanol–water partition coefficient (Wildman–Crippen LogP) is 6.67. The van der Waals surface area contributed by atoms with Gasteiger partial charge >= 0.3 is 45.8 Å². The molecule has 0 saturated heterocycles. The molecule has 0 amide bonds. The Morgan fingerprint density at radius 1 is 0.550 bits per heavy atom.